The van der Waals surface area contributed by atoms with Gasteiger partial charge < -0.3 is 18.6 Å². The van der Waals surface area contributed by atoms with Crippen LogP contribution >= 0.6 is 0 Å². The molecular weight excluding hydrogens is 370 g/mol. The monoisotopic (exact) mass is 391 g/mol. The Bertz CT molecular complexity index is 1190. The predicted octanol–water partition coefficient (Wildman–Crippen LogP) is 4.36. The zero-order valence-corrected chi connectivity index (χ0v) is 16.5. The van der Waals surface area contributed by atoms with Gasteiger partial charge in [-0.1, -0.05) is 5.16 Å². The second-order valence-electron chi connectivity index (χ2n) is 6.49. The number of ether oxygens (including phenoxy) is 1. The summed E-state index contributed by atoms with van der Waals surface area (Å²) in [5.74, 6) is 1.25. The fourth-order valence-corrected chi connectivity index (χ4v) is 3.22. The van der Waals surface area contributed by atoms with Crippen molar-refractivity contribution >= 4 is 16.7 Å². The predicted molar refractivity (Wildman–Crippen MR) is 111 cm³/mol. The summed E-state index contributed by atoms with van der Waals surface area (Å²) in [7, 11) is 1.60. The second kappa shape index (κ2) is 7.79. The molecule has 0 amide bonds. The number of hydrogen-bond acceptors (Lipinski definition) is 7. The van der Waals surface area contributed by atoms with Gasteiger partial charge >= 0.3 is 5.63 Å². The number of fused-ring (bicyclic) bond motifs is 1. The lowest BCUT2D eigenvalue weighted by Crippen LogP contribution is -2.21. The molecule has 0 aliphatic carbocycles. The Morgan fingerprint density at radius 2 is 1.79 bits per heavy atom. The first-order valence-electron chi connectivity index (χ1n) is 9.44. The Hall–Kier alpha value is -3.61. The fraction of sp³-hybridized carbons (Fsp3) is 0.227. The van der Waals surface area contributed by atoms with Gasteiger partial charge in [0.2, 0.25) is 5.82 Å². The number of nitrogens with zero attached hydrogens (tertiary/aromatic N) is 3. The first-order chi connectivity index (χ1) is 14.1. The molecule has 148 valence electrons. The molecular formula is C22H21N3O4. The van der Waals surface area contributed by atoms with Crippen LogP contribution in [0.2, 0.25) is 0 Å². The van der Waals surface area contributed by atoms with E-state index in [0.717, 1.165) is 35.5 Å². The van der Waals surface area contributed by atoms with Crippen LogP contribution in [0.15, 0.2) is 62.3 Å². The van der Waals surface area contributed by atoms with Crippen molar-refractivity contribution < 1.29 is 13.7 Å². The molecule has 0 spiro atoms. The molecule has 29 heavy (non-hydrogen) atoms. The smallest absolute Gasteiger partial charge is 0.349 e. The molecule has 0 bridgehead atoms. The molecule has 0 aliphatic heterocycles. The van der Waals surface area contributed by atoms with Crippen molar-refractivity contribution in [3.05, 3.63) is 59.0 Å². The topological polar surface area (TPSA) is 81.6 Å². The molecule has 0 N–H and O–H groups in total. The maximum absolute atomic E-state index is 12.6. The summed E-state index contributed by atoms with van der Waals surface area (Å²) >= 11 is 0. The number of benzene rings is 2. The molecule has 4 aromatic rings. The van der Waals surface area contributed by atoms with Crippen LogP contribution in [0.5, 0.6) is 5.75 Å². The van der Waals surface area contributed by atoms with Crippen molar-refractivity contribution in [2.45, 2.75) is 13.8 Å². The molecule has 4 rings (SSSR count). The number of methoxy groups -OCH3 is 1. The molecule has 0 aliphatic rings. The molecule has 7 nitrogen and oxygen atoms in total. The van der Waals surface area contributed by atoms with Crippen LogP contribution in [0, 0.1) is 0 Å². The summed E-state index contributed by atoms with van der Waals surface area (Å²) in [5, 5.41) is 4.78. The van der Waals surface area contributed by atoms with Gasteiger partial charge in [0, 0.05) is 35.8 Å². The van der Waals surface area contributed by atoms with Gasteiger partial charge in [-0.3, -0.25) is 0 Å². The Labute approximate surface area is 167 Å². The quantitative estimate of drug-likeness (QED) is 0.452. The summed E-state index contributed by atoms with van der Waals surface area (Å²) in [6, 6.07) is 14.8. The van der Waals surface area contributed by atoms with E-state index in [0.29, 0.717) is 11.4 Å². The Balaban J connectivity index is 1.70. The molecule has 0 saturated carbocycles. The third kappa shape index (κ3) is 3.59. The average molecular weight is 391 g/mol. The maximum Gasteiger partial charge on any atom is 0.349 e. The molecule has 7 heteroatoms. The van der Waals surface area contributed by atoms with Crippen LogP contribution in [-0.4, -0.2) is 30.3 Å². The first kappa shape index (κ1) is 18.7. The molecule has 2 aromatic carbocycles. The van der Waals surface area contributed by atoms with Crippen LogP contribution in [-0.2, 0) is 0 Å². The third-order valence-electron chi connectivity index (χ3n) is 4.85. The van der Waals surface area contributed by atoms with Gasteiger partial charge in [0.25, 0.3) is 5.89 Å². The van der Waals surface area contributed by atoms with E-state index in [2.05, 4.69) is 28.9 Å². The lowest BCUT2D eigenvalue weighted by Gasteiger charge is -2.20. The molecule has 0 radical (unpaired) electrons. The number of hydrogen-bond donors (Lipinski definition) is 0. The van der Waals surface area contributed by atoms with Crippen LogP contribution < -0.4 is 15.3 Å². The Morgan fingerprint density at radius 1 is 1.03 bits per heavy atom. The summed E-state index contributed by atoms with van der Waals surface area (Å²) in [4.78, 5) is 19.1. The summed E-state index contributed by atoms with van der Waals surface area (Å²) in [6.45, 7) is 5.92. The maximum atomic E-state index is 12.6. The SMILES string of the molecule is CCN(CC)c1ccc2cc(-c3nc(-c4ccc(OC)cc4)no3)c(=O)oc2c1. The third-order valence-corrected chi connectivity index (χ3v) is 4.85. The van der Waals surface area contributed by atoms with E-state index in [1.165, 1.54) is 0 Å². The highest BCUT2D eigenvalue weighted by Crippen LogP contribution is 2.26. The van der Waals surface area contributed by atoms with Crippen molar-refractivity contribution in [2.75, 3.05) is 25.1 Å². The normalized spacial score (nSPS) is 11.0. The Morgan fingerprint density at radius 3 is 2.48 bits per heavy atom. The second-order valence-corrected chi connectivity index (χ2v) is 6.49. The summed E-state index contributed by atoms with van der Waals surface area (Å²) < 4.78 is 16.0. The van der Waals surface area contributed by atoms with Crippen molar-refractivity contribution in [3.8, 4) is 28.6 Å². The zero-order chi connectivity index (χ0) is 20.4. The molecule has 0 unspecified atom stereocenters. The average Bonchev–Trinajstić information content (AvgIpc) is 3.24. The van der Waals surface area contributed by atoms with Gasteiger partial charge in [0.15, 0.2) is 0 Å². The van der Waals surface area contributed by atoms with E-state index in [4.69, 9.17) is 13.7 Å². The molecule has 2 aromatic heterocycles. The lowest BCUT2D eigenvalue weighted by molar-refractivity contribution is 0.414. The van der Waals surface area contributed by atoms with Crippen molar-refractivity contribution in [1.29, 1.82) is 0 Å². The molecule has 2 heterocycles. The van der Waals surface area contributed by atoms with Crippen LogP contribution in [0.4, 0.5) is 5.69 Å². The standard InChI is InChI=1S/C22H21N3O4/c1-4-25(5-2)16-9-6-15-12-18(22(26)28-19(15)13-16)21-23-20(24-29-21)14-7-10-17(27-3)11-8-14/h6-13H,4-5H2,1-3H3. The van der Waals surface area contributed by atoms with Gasteiger partial charge in [0.05, 0.1) is 7.11 Å². The number of rotatable bonds is 6. The lowest BCUT2D eigenvalue weighted by atomic mass is 10.1. The van der Waals surface area contributed by atoms with Gasteiger partial charge in [0.1, 0.15) is 16.9 Å². The van der Waals surface area contributed by atoms with E-state index in [9.17, 15) is 4.79 Å². The van der Waals surface area contributed by atoms with Gasteiger partial charge in [-0.15, -0.1) is 0 Å². The Kier molecular flexibility index (Phi) is 5.03. The van der Waals surface area contributed by atoms with Crippen molar-refractivity contribution in [2.24, 2.45) is 0 Å². The fourth-order valence-electron chi connectivity index (χ4n) is 3.22. The summed E-state index contributed by atoms with van der Waals surface area (Å²) in [6.07, 6.45) is 0. The minimum atomic E-state index is -0.515. The highest BCUT2D eigenvalue weighted by atomic mass is 16.5. The van der Waals surface area contributed by atoms with E-state index < -0.39 is 5.63 Å². The number of aromatic nitrogens is 2. The van der Waals surface area contributed by atoms with E-state index in [1.54, 1.807) is 13.2 Å². The van der Waals surface area contributed by atoms with Gasteiger partial charge in [-0.25, -0.2) is 4.79 Å². The van der Waals surface area contributed by atoms with E-state index >= 15 is 0 Å². The largest absolute Gasteiger partial charge is 0.497 e. The molecule has 0 fully saturated rings. The molecule has 0 atom stereocenters. The van der Waals surface area contributed by atoms with Crippen LogP contribution in [0.25, 0.3) is 33.8 Å². The highest BCUT2D eigenvalue weighted by Gasteiger charge is 2.17. The highest BCUT2D eigenvalue weighted by molar-refractivity contribution is 5.83. The first-order valence-corrected chi connectivity index (χ1v) is 9.44. The van der Waals surface area contributed by atoms with Gasteiger partial charge in [-0.2, -0.15) is 4.98 Å². The molecule has 0 saturated heterocycles. The number of anilines is 1. The van der Waals surface area contributed by atoms with E-state index in [1.807, 2.05) is 42.5 Å². The van der Waals surface area contributed by atoms with Crippen LogP contribution in [0.1, 0.15) is 13.8 Å². The van der Waals surface area contributed by atoms with Crippen LogP contribution in [0.3, 0.4) is 0 Å². The van der Waals surface area contributed by atoms with Crippen molar-refractivity contribution in [3.63, 3.8) is 0 Å². The summed E-state index contributed by atoms with van der Waals surface area (Å²) in [5.41, 5.74) is 2.02. The minimum absolute atomic E-state index is 0.124. The van der Waals surface area contributed by atoms with Crippen molar-refractivity contribution in [1.82, 2.24) is 10.1 Å². The van der Waals surface area contributed by atoms with Gasteiger partial charge in [-0.05, 0) is 56.3 Å². The van der Waals surface area contributed by atoms with E-state index in [-0.39, 0.29) is 11.5 Å². The minimum Gasteiger partial charge on any atom is -0.497 e. The zero-order valence-electron chi connectivity index (χ0n) is 16.5.